The molecule has 0 amide bonds. The molecule has 3 heterocycles. The number of hydrogen-bond acceptors (Lipinski definition) is 6. The maximum atomic E-state index is 14.1. The maximum absolute atomic E-state index is 14.1. The molecule has 0 N–H and O–H groups in total. The molecule has 1 aliphatic rings. The Morgan fingerprint density at radius 1 is 1.00 bits per heavy atom. The Morgan fingerprint density at radius 3 is 2.64 bits per heavy atom. The van der Waals surface area contributed by atoms with Crippen molar-refractivity contribution in [2.24, 2.45) is 0 Å². The molecule has 3 aromatic rings. The van der Waals surface area contributed by atoms with E-state index in [1.807, 2.05) is 13.0 Å². The van der Waals surface area contributed by atoms with Gasteiger partial charge in [-0.05, 0) is 25.5 Å². The highest BCUT2D eigenvalue weighted by Gasteiger charge is 2.20. The Morgan fingerprint density at radius 2 is 1.79 bits per heavy atom. The summed E-state index contributed by atoms with van der Waals surface area (Å²) >= 11 is 0. The molecule has 1 aliphatic heterocycles. The van der Waals surface area contributed by atoms with Crippen LogP contribution in [-0.4, -0.2) is 47.7 Å². The van der Waals surface area contributed by atoms with Gasteiger partial charge >= 0.3 is 0 Å². The quantitative estimate of drug-likeness (QED) is 0.686. The van der Waals surface area contributed by atoms with Gasteiger partial charge in [0, 0.05) is 61.8 Å². The molecule has 1 fully saturated rings. The fourth-order valence-electron chi connectivity index (χ4n) is 3.51. The van der Waals surface area contributed by atoms with Crippen LogP contribution < -0.4 is 14.5 Å². The normalized spacial score (nSPS) is 15.0. The summed E-state index contributed by atoms with van der Waals surface area (Å²) in [4.78, 5) is 17.1. The van der Waals surface area contributed by atoms with Crippen molar-refractivity contribution in [2.75, 3.05) is 42.6 Å². The topological polar surface area (TPSA) is 54.4 Å². The van der Waals surface area contributed by atoms with E-state index < -0.39 is 11.6 Å². The van der Waals surface area contributed by atoms with Crippen molar-refractivity contribution in [1.82, 2.24) is 15.0 Å². The third kappa shape index (κ3) is 3.67. The number of benzene rings is 1. The number of fused-ring (bicyclic) bond motifs is 1. The van der Waals surface area contributed by atoms with Crippen LogP contribution in [0.2, 0.25) is 0 Å². The Balaban J connectivity index is 1.58. The molecule has 0 unspecified atom stereocenters. The van der Waals surface area contributed by atoms with Crippen molar-refractivity contribution in [1.29, 1.82) is 0 Å². The van der Waals surface area contributed by atoms with Crippen LogP contribution in [0.4, 0.5) is 20.4 Å². The zero-order valence-electron chi connectivity index (χ0n) is 15.6. The van der Waals surface area contributed by atoms with E-state index in [-0.39, 0.29) is 5.52 Å². The monoisotopic (exact) mass is 385 g/mol. The predicted molar refractivity (Wildman–Crippen MR) is 104 cm³/mol. The van der Waals surface area contributed by atoms with E-state index in [1.165, 1.54) is 6.07 Å². The molecule has 0 saturated carbocycles. The van der Waals surface area contributed by atoms with Gasteiger partial charge in [0.25, 0.3) is 0 Å². The molecule has 4 rings (SSSR count). The molecule has 8 heteroatoms. The Kier molecular flexibility index (Phi) is 5.18. The summed E-state index contributed by atoms with van der Waals surface area (Å²) in [6, 6.07) is 5.76. The standard InChI is InChI=1S/C20H21F2N5O/c1-2-28-18-5-7-24-20(25-18)27-9-3-8-26(10-11-27)17-4-6-23-19-15(17)12-14(21)13-16(19)22/h4-7,12-13H,2-3,8-11H2,1H3. The summed E-state index contributed by atoms with van der Waals surface area (Å²) < 4.78 is 33.4. The van der Waals surface area contributed by atoms with Gasteiger partial charge in [0.05, 0.1) is 6.61 Å². The van der Waals surface area contributed by atoms with Gasteiger partial charge in [-0.15, -0.1) is 0 Å². The minimum atomic E-state index is -0.644. The molecule has 0 atom stereocenters. The van der Waals surface area contributed by atoms with Crippen LogP contribution in [0.25, 0.3) is 10.9 Å². The van der Waals surface area contributed by atoms with Crippen LogP contribution in [-0.2, 0) is 0 Å². The van der Waals surface area contributed by atoms with Gasteiger partial charge in [0.15, 0.2) is 5.82 Å². The molecule has 2 aromatic heterocycles. The van der Waals surface area contributed by atoms with Crippen LogP contribution in [0.5, 0.6) is 5.88 Å². The van der Waals surface area contributed by atoms with E-state index in [0.717, 1.165) is 31.3 Å². The third-order valence-corrected chi connectivity index (χ3v) is 4.77. The molecule has 28 heavy (non-hydrogen) atoms. The number of nitrogens with zero attached hydrogens (tertiary/aromatic N) is 5. The first-order valence-corrected chi connectivity index (χ1v) is 9.35. The average molecular weight is 385 g/mol. The van der Waals surface area contributed by atoms with Gasteiger partial charge in [-0.3, -0.25) is 4.98 Å². The Bertz CT molecular complexity index is 984. The minimum Gasteiger partial charge on any atom is -0.478 e. The summed E-state index contributed by atoms with van der Waals surface area (Å²) in [5, 5.41) is 0.489. The lowest BCUT2D eigenvalue weighted by Gasteiger charge is -2.25. The van der Waals surface area contributed by atoms with Crippen LogP contribution in [0, 0.1) is 11.6 Å². The van der Waals surface area contributed by atoms with Crippen molar-refractivity contribution in [3.63, 3.8) is 0 Å². The lowest BCUT2D eigenvalue weighted by molar-refractivity contribution is 0.326. The molecule has 6 nitrogen and oxygen atoms in total. The number of halogens is 2. The molecular weight excluding hydrogens is 364 g/mol. The zero-order chi connectivity index (χ0) is 19.5. The number of ether oxygens (including phenoxy) is 1. The summed E-state index contributed by atoms with van der Waals surface area (Å²) in [5.74, 6) is -0.0598. The predicted octanol–water partition coefficient (Wildman–Crippen LogP) is 3.42. The highest BCUT2D eigenvalue weighted by molar-refractivity contribution is 5.92. The van der Waals surface area contributed by atoms with Gasteiger partial charge in [-0.2, -0.15) is 4.98 Å². The van der Waals surface area contributed by atoms with Crippen LogP contribution in [0.15, 0.2) is 36.7 Å². The first-order chi connectivity index (χ1) is 13.7. The molecule has 146 valence electrons. The summed E-state index contributed by atoms with van der Waals surface area (Å²) in [6.45, 7) is 5.39. The van der Waals surface area contributed by atoms with Gasteiger partial charge in [0.1, 0.15) is 11.3 Å². The number of pyridine rings is 1. The van der Waals surface area contributed by atoms with Crippen LogP contribution in [0.3, 0.4) is 0 Å². The minimum absolute atomic E-state index is 0.188. The van der Waals surface area contributed by atoms with Gasteiger partial charge in [-0.25, -0.2) is 13.8 Å². The summed E-state index contributed by atoms with van der Waals surface area (Å²) in [7, 11) is 0. The van der Waals surface area contributed by atoms with Crippen LogP contribution in [0.1, 0.15) is 13.3 Å². The lowest BCUT2D eigenvalue weighted by Crippen LogP contribution is -2.31. The summed E-state index contributed by atoms with van der Waals surface area (Å²) in [5.41, 5.74) is 0.974. The smallest absolute Gasteiger partial charge is 0.228 e. The molecule has 0 aliphatic carbocycles. The van der Waals surface area contributed by atoms with E-state index in [0.29, 0.717) is 36.9 Å². The van der Waals surface area contributed by atoms with Crippen molar-refractivity contribution < 1.29 is 13.5 Å². The van der Waals surface area contributed by atoms with E-state index >= 15 is 0 Å². The fourth-order valence-corrected chi connectivity index (χ4v) is 3.51. The molecule has 0 bridgehead atoms. The molecule has 0 radical (unpaired) electrons. The van der Waals surface area contributed by atoms with Crippen molar-refractivity contribution in [3.05, 3.63) is 48.3 Å². The van der Waals surface area contributed by atoms with Gasteiger partial charge in [-0.1, -0.05) is 0 Å². The maximum Gasteiger partial charge on any atom is 0.228 e. The second kappa shape index (κ2) is 7.92. The number of hydrogen-bond donors (Lipinski definition) is 0. The third-order valence-electron chi connectivity index (χ3n) is 4.77. The SMILES string of the molecule is CCOc1ccnc(N2CCCN(c3ccnc4c(F)cc(F)cc34)CC2)n1. The van der Waals surface area contributed by atoms with E-state index in [1.54, 1.807) is 18.5 Å². The highest BCUT2D eigenvalue weighted by atomic mass is 19.1. The van der Waals surface area contributed by atoms with Crippen molar-refractivity contribution >= 4 is 22.5 Å². The second-order valence-corrected chi connectivity index (χ2v) is 6.57. The Labute approximate surface area is 161 Å². The van der Waals surface area contributed by atoms with Gasteiger partial charge < -0.3 is 14.5 Å². The molecule has 1 saturated heterocycles. The van der Waals surface area contributed by atoms with E-state index in [2.05, 4.69) is 24.8 Å². The first kappa shape index (κ1) is 18.3. The summed E-state index contributed by atoms with van der Waals surface area (Å²) in [6.07, 6.45) is 4.12. The molecule has 0 spiro atoms. The second-order valence-electron chi connectivity index (χ2n) is 6.57. The first-order valence-electron chi connectivity index (χ1n) is 9.35. The van der Waals surface area contributed by atoms with Crippen molar-refractivity contribution in [3.8, 4) is 5.88 Å². The number of rotatable bonds is 4. The number of anilines is 2. The number of aromatic nitrogens is 3. The van der Waals surface area contributed by atoms with E-state index in [4.69, 9.17) is 4.74 Å². The van der Waals surface area contributed by atoms with Crippen molar-refractivity contribution in [2.45, 2.75) is 13.3 Å². The fraction of sp³-hybridized carbons (Fsp3) is 0.350. The Hall–Kier alpha value is -3.03. The van der Waals surface area contributed by atoms with Crippen LogP contribution >= 0.6 is 0 Å². The van der Waals surface area contributed by atoms with E-state index in [9.17, 15) is 8.78 Å². The average Bonchev–Trinajstić information content (AvgIpc) is 2.94. The largest absolute Gasteiger partial charge is 0.478 e. The lowest BCUT2D eigenvalue weighted by atomic mass is 10.1. The molecule has 1 aromatic carbocycles. The zero-order valence-corrected chi connectivity index (χ0v) is 15.6. The molecular formula is C20H21F2N5O. The van der Waals surface area contributed by atoms with Gasteiger partial charge in [0.2, 0.25) is 11.8 Å². The highest BCUT2D eigenvalue weighted by Crippen LogP contribution is 2.29.